The predicted molar refractivity (Wildman–Crippen MR) is 60.0 cm³/mol. The first-order valence-corrected chi connectivity index (χ1v) is 5.49. The van der Waals surface area contributed by atoms with Crippen molar-refractivity contribution in [2.45, 2.75) is 31.8 Å². The second kappa shape index (κ2) is 5.08. The second-order valence-electron chi connectivity index (χ2n) is 3.97. The minimum absolute atomic E-state index is 0.170. The SMILES string of the molecule is Fc1ccc(CNC2C=CCCC2)cc1. The van der Waals surface area contributed by atoms with Gasteiger partial charge in [0.15, 0.2) is 0 Å². The van der Waals surface area contributed by atoms with Crippen LogP contribution in [-0.4, -0.2) is 6.04 Å². The third-order valence-electron chi connectivity index (χ3n) is 2.74. The highest BCUT2D eigenvalue weighted by Crippen LogP contribution is 2.11. The highest BCUT2D eigenvalue weighted by atomic mass is 19.1. The molecule has 15 heavy (non-hydrogen) atoms. The van der Waals surface area contributed by atoms with Gasteiger partial charge in [0.05, 0.1) is 0 Å². The fourth-order valence-electron chi connectivity index (χ4n) is 1.83. The van der Waals surface area contributed by atoms with Crippen LogP contribution in [0.25, 0.3) is 0 Å². The maximum atomic E-state index is 12.7. The molecule has 80 valence electrons. The molecule has 0 aromatic heterocycles. The van der Waals surface area contributed by atoms with Crippen LogP contribution in [0.5, 0.6) is 0 Å². The zero-order valence-corrected chi connectivity index (χ0v) is 8.75. The smallest absolute Gasteiger partial charge is 0.123 e. The normalized spacial score (nSPS) is 20.5. The van der Waals surface area contributed by atoms with Crippen LogP contribution in [0.2, 0.25) is 0 Å². The summed E-state index contributed by atoms with van der Waals surface area (Å²) in [4.78, 5) is 0. The monoisotopic (exact) mass is 205 g/mol. The fourth-order valence-corrected chi connectivity index (χ4v) is 1.83. The van der Waals surface area contributed by atoms with Crippen molar-refractivity contribution in [3.8, 4) is 0 Å². The van der Waals surface area contributed by atoms with Gasteiger partial charge < -0.3 is 5.32 Å². The van der Waals surface area contributed by atoms with Gasteiger partial charge >= 0.3 is 0 Å². The Bertz CT molecular complexity index is 329. The van der Waals surface area contributed by atoms with Gasteiger partial charge in [-0.1, -0.05) is 24.3 Å². The molecule has 0 saturated carbocycles. The van der Waals surface area contributed by atoms with Gasteiger partial charge in [0, 0.05) is 12.6 Å². The van der Waals surface area contributed by atoms with Crippen LogP contribution in [-0.2, 0) is 6.54 Å². The Hall–Kier alpha value is -1.15. The quantitative estimate of drug-likeness (QED) is 0.748. The summed E-state index contributed by atoms with van der Waals surface area (Å²) < 4.78 is 12.7. The Morgan fingerprint density at radius 3 is 2.73 bits per heavy atom. The molecule has 0 spiro atoms. The van der Waals surface area contributed by atoms with Gasteiger partial charge in [-0.25, -0.2) is 4.39 Å². The van der Waals surface area contributed by atoms with Gasteiger partial charge in [0.2, 0.25) is 0 Å². The van der Waals surface area contributed by atoms with Crippen molar-refractivity contribution < 1.29 is 4.39 Å². The topological polar surface area (TPSA) is 12.0 Å². The molecule has 0 aliphatic heterocycles. The third-order valence-corrected chi connectivity index (χ3v) is 2.74. The van der Waals surface area contributed by atoms with Gasteiger partial charge in [0.1, 0.15) is 5.82 Å². The molecule has 1 unspecified atom stereocenters. The Balaban J connectivity index is 1.84. The highest BCUT2D eigenvalue weighted by molar-refractivity contribution is 5.16. The average molecular weight is 205 g/mol. The first kappa shape index (κ1) is 10.4. The molecule has 0 fully saturated rings. The van der Waals surface area contributed by atoms with E-state index >= 15 is 0 Å². The summed E-state index contributed by atoms with van der Waals surface area (Å²) in [6, 6.07) is 7.16. The molecule has 1 aliphatic carbocycles. The van der Waals surface area contributed by atoms with Crippen molar-refractivity contribution in [2.75, 3.05) is 0 Å². The van der Waals surface area contributed by atoms with E-state index in [1.54, 1.807) is 0 Å². The summed E-state index contributed by atoms with van der Waals surface area (Å²) in [7, 11) is 0. The van der Waals surface area contributed by atoms with Gasteiger partial charge in [-0.3, -0.25) is 0 Å². The van der Waals surface area contributed by atoms with Crippen LogP contribution in [0.4, 0.5) is 4.39 Å². The number of halogens is 1. The fraction of sp³-hybridized carbons (Fsp3) is 0.385. The van der Waals surface area contributed by atoms with Gasteiger partial charge in [-0.2, -0.15) is 0 Å². The van der Waals surface area contributed by atoms with E-state index in [9.17, 15) is 4.39 Å². The molecule has 1 N–H and O–H groups in total. The van der Waals surface area contributed by atoms with E-state index in [0.717, 1.165) is 12.1 Å². The molecule has 0 heterocycles. The Morgan fingerprint density at radius 1 is 1.27 bits per heavy atom. The Labute approximate surface area is 90.0 Å². The molecular weight excluding hydrogens is 189 g/mol. The first-order valence-electron chi connectivity index (χ1n) is 5.49. The molecule has 2 rings (SSSR count). The minimum Gasteiger partial charge on any atom is -0.306 e. The van der Waals surface area contributed by atoms with E-state index in [1.807, 2.05) is 12.1 Å². The van der Waals surface area contributed by atoms with Crippen LogP contribution in [0.1, 0.15) is 24.8 Å². The van der Waals surface area contributed by atoms with E-state index in [4.69, 9.17) is 0 Å². The summed E-state index contributed by atoms with van der Waals surface area (Å²) in [5.41, 5.74) is 1.13. The molecule has 1 atom stereocenters. The van der Waals surface area contributed by atoms with Crippen LogP contribution in [0.3, 0.4) is 0 Å². The molecule has 1 aromatic rings. The lowest BCUT2D eigenvalue weighted by Gasteiger charge is -2.17. The lowest BCUT2D eigenvalue weighted by Crippen LogP contribution is -2.27. The van der Waals surface area contributed by atoms with Crippen LogP contribution < -0.4 is 5.32 Å². The summed E-state index contributed by atoms with van der Waals surface area (Å²) in [6.45, 7) is 0.815. The van der Waals surface area contributed by atoms with Gasteiger partial charge in [-0.05, 0) is 37.0 Å². The molecule has 0 saturated heterocycles. The van der Waals surface area contributed by atoms with Crippen LogP contribution in [0, 0.1) is 5.82 Å². The number of benzene rings is 1. The lowest BCUT2D eigenvalue weighted by molar-refractivity contribution is 0.522. The van der Waals surface area contributed by atoms with Crippen molar-refractivity contribution in [2.24, 2.45) is 0 Å². The minimum atomic E-state index is -0.170. The maximum Gasteiger partial charge on any atom is 0.123 e. The molecule has 1 aliphatic rings. The highest BCUT2D eigenvalue weighted by Gasteiger charge is 2.06. The standard InChI is InChI=1S/C13H16FN/c14-12-8-6-11(7-9-12)10-15-13-4-2-1-3-5-13/h2,4,6-9,13,15H,1,3,5,10H2. The van der Waals surface area contributed by atoms with Crippen LogP contribution >= 0.6 is 0 Å². The third kappa shape index (κ3) is 3.17. The van der Waals surface area contributed by atoms with Gasteiger partial charge in [0.25, 0.3) is 0 Å². The number of hydrogen-bond donors (Lipinski definition) is 1. The summed E-state index contributed by atoms with van der Waals surface area (Å²) in [5, 5.41) is 3.45. The van der Waals surface area contributed by atoms with E-state index in [1.165, 1.54) is 31.4 Å². The molecule has 2 heteroatoms. The van der Waals surface area contributed by atoms with E-state index in [-0.39, 0.29) is 5.82 Å². The number of nitrogens with one attached hydrogen (secondary N) is 1. The Kier molecular flexibility index (Phi) is 3.51. The summed E-state index contributed by atoms with van der Waals surface area (Å²) in [6.07, 6.45) is 8.13. The van der Waals surface area contributed by atoms with Crippen molar-refractivity contribution in [1.82, 2.24) is 5.32 Å². The Morgan fingerprint density at radius 2 is 2.07 bits per heavy atom. The summed E-state index contributed by atoms with van der Waals surface area (Å²) in [5.74, 6) is -0.170. The van der Waals surface area contributed by atoms with Crippen molar-refractivity contribution in [3.05, 3.63) is 47.8 Å². The second-order valence-corrected chi connectivity index (χ2v) is 3.97. The van der Waals surface area contributed by atoms with E-state index in [2.05, 4.69) is 17.5 Å². The largest absolute Gasteiger partial charge is 0.306 e. The zero-order valence-electron chi connectivity index (χ0n) is 8.75. The molecule has 0 amide bonds. The molecular formula is C13H16FN. The number of hydrogen-bond acceptors (Lipinski definition) is 1. The average Bonchev–Trinajstić information content (AvgIpc) is 2.30. The number of allylic oxidation sites excluding steroid dienone is 1. The van der Waals surface area contributed by atoms with Crippen molar-refractivity contribution in [3.63, 3.8) is 0 Å². The number of rotatable bonds is 3. The van der Waals surface area contributed by atoms with Gasteiger partial charge in [-0.15, -0.1) is 0 Å². The molecule has 0 radical (unpaired) electrons. The van der Waals surface area contributed by atoms with Crippen LogP contribution in [0.15, 0.2) is 36.4 Å². The first-order chi connectivity index (χ1) is 7.34. The molecule has 1 aromatic carbocycles. The molecule has 0 bridgehead atoms. The summed E-state index contributed by atoms with van der Waals surface area (Å²) >= 11 is 0. The lowest BCUT2D eigenvalue weighted by atomic mass is 10.0. The van der Waals surface area contributed by atoms with Crippen molar-refractivity contribution >= 4 is 0 Å². The van der Waals surface area contributed by atoms with Crippen molar-refractivity contribution in [1.29, 1.82) is 0 Å². The van der Waals surface area contributed by atoms with E-state index in [0.29, 0.717) is 6.04 Å². The molecule has 1 nitrogen and oxygen atoms in total. The van der Waals surface area contributed by atoms with E-state index < -0.39 is 0 Å². The predicted octanol–water partition coefficient (Wildman–Crippen LogP) is 3.02. The zero-order chi connectivity index (χ0) is 10.5. The maximum absolute atomic E-state index is 12.7.